The third-order valence-electron chi connectivity index (χ3n) is 2.95. The number of carbonyl (C=O) groups excluding carboxylic acids is 2. The maximum absolute atomic E-state index is 11.4. The van der Waals surface area contributed by atoms with Crippen LogP contribution in [0, 0.1) is 13.8 Å². The minimum absolute atomic E-state index is 0.128. The zero-order valence-corrected chi connectivity index (χ0v) is 12.0. The van der Waals surface area contributed by atoms with E-state index >= 15 is 0 Å². The van der Waals surface area contributed by atoms with Crippen LogP contribution in [0.25, 0.3) is 0 Å². The van der Waals surface area contributed by atoms with Gasteiger partial charge in [0.05, 0.1) is 6.54 Å². The second-order valence-electron chi connectivity index (χ2n) is 4.75. The second kappa shape index (κ2) is 6.10. The predicted molar refractivity (Wildman–Crippen MR) is 77.2 cm³/mol. The summed E-state index contributed by atoms with van der Waals surface area (Å²) >= 11 is 1.74. The zero-order chi connectivity index (χ0) is 13.8. The van der Waals surface area contributed by atoms with Gasteiger partial charge in [0.1, 0.15) is 0 Å². The molecule has 1 saturated heterocycles. The van der Waals surface area contributed by atoms with E-state index in [0.29, 0.717) is 6.54 Å². The molecule has 0 aromatic heterocycles. The number of urea groups is 1. The maximum Gasteiger partial charge on any atom is 0.324 e. The van der Waals surface area contributed by atoms with Crippen LogP contribution in [0.15, 0.2) is 18.2 Å². The molecule has 1 fully saturated rings. The summed E-state index contributed by atoms with van der Waals surface area (Å²) in [6.07, 6.45) is 0. The van der Waals surface area contributed by atoms with Crippen molar-refractivity contribution < 1.29 is 9.59 Å². The van der Waals surface area contributed by atoms with Gasteiger partial charge in [0, 0.05) is 18.1 Å². The Morgan fingerprint density at radius 2 is 1.89 bits per heavy atom. The molecule has 0 aliphatic carbocycles. The van der Waals surface area contributed by atoms with Crippen LogP contribution in [0.2, 0.25) is 0 Å². The third-order valence-corrected chi connectivity index (χ3v) is 3.96. The SMILES string of the molecule is Cc1cc(C)cc(CSCCN2C(=O)CNC2=O)c1. The molecule has 2 rings (SSSR count). The van der Waals surface area contributed by atoms with Crippen molar-refractivity contribution >= 4 is 23.7 Å². The van der Waals surface area contributed by atoms with E-state index in [2.05, 4.69) is 37.4 Å². The number of carbonyl (C=O) groups is 2. The minimum Gasteiger partial charge on any atom is -0.329 e. The lowest BCUT2D eigenvalue weighted by molar-refractivity contribution is -0.124. The maximum atomic E-state index is 11.4. The lowest BCUT2D eigenvalue weighted by atomic mass is 10.1. The van der Waals surface area contributed by atoms with Crippen molar-refractivity contribution in [3.63, 3.8) is 0 Å². The van der Waals surface area contributed by atoms with E-state index in [4.69, 9.17) is 0 Å². The molecule has 1 aromatic carbocycles. The van der Waals surface area contributed by atoms with Crippen LogP contribution in [-0.4, -0.2) is 35.7 Å². The topological polar surface area (TPSA) is 49.4 Å². The quantitative estimate of drug-likeness (QED) is 0.663. The van der Waals surface area contributed by atoms with Gasteiger partial charge >= 0.3 is 6.03 Å². The van der Waals surface area contributed by atoms with Crippen molar-refractivity contribution in [3.05, 3.63) is 34.9 Å². The number of nitrogens with zero attached hydrogens (tertiary/aromatic N) is 1. The highest BCUT2D eigenvalue weighted by Crippen LogP contribution is 2.16. The summed E-state index contributed by atoms with van der Waals surface area (Å²) < 4.78 is 0. The number of hydrogen-bond acceptors (Lipinski definition) is 3. The molecule has 102 valence electrons. The smallest absolute Gasteiger partial charge is 0.324 e. The van der Waals surface area contributed by atoms with Crippen LogP contribution in [-0.2, 0) is 10.5 Å². The zero-order valence-electron chi connectivity index (χ0n) is 11.2. The standard InChI is InChI=1S/C14H18N2O2S/c1-10-5-11(2)7-12(6-10)9-19-4-3-16-13(17)8-15-14(16)18/h5-7H,3-4,8-9H2,1-2H3,(H,15,18). The number of amides is 3. The Labute approximate surface area is 117 Å². The lowest BCUT2D eigenvalue weighted by Crippen LogP contribution is -2.32. The van der Waals surface area contributed by atoms with Gasteiger partial charge < -0.3 is 5.32 Å². The Hall–Kier alpha value is -1.49. The molecular weight excluding hydrogens is 260 g/mol. The number of nitrogens with one attached hydrogen (secondary N) is 1. The van der Waals surface area contributed by atoms with Crippen LogP contribution in [0.5, 0.6) is 0 Å². The van der Waals surface area contributed by atoms with Gasteiger partial charge in [-0.3, -0.25) is 9.69 Å². The lowest BCUT2D eigenvalue weighted by Gasteiger charge is -2.11. The first-order valence-corrected chi connectivity index (χ1v) is 7.45. The van der Waals surface area contributed by atoms with Gasteiger partial charge in [-0.2, -0.15) is 11.8 Å². The summed E-state index contributed by atoms with van der Waals surface area (Å²) in [7, 11) is 0. The van der Waals surface area contributed by atoms with Crippen LogP contribution in [0.3, 0.4) is 0 Å². The van der Waals surface area contributed by atoms with Gasteiger partial charge in [-0.05, 0) is 19.4 Å². The molecule has 4 nitrogen and oxygen atoms in total. The molecule has 1 N–H and O–H groups in total. The molecule has 0 unspecified atom stereocenters. The Bertz CT molecular complexity index is 466. The molecule has 0 bridgehead atoms. The highest BCUT2D eigenvalue weighted by Gasteiger charge is 2.27. The third kappa shape index (κ3) is 3.73. The van der Waals surface area contributed by atoms with Gasteiger partial charge in [0.25, 0.3) is 0 Å². The summed E-state index contributed by atoms with van der Waals surface area (Å²) in [5.41, 5.74) is 3.83. The fraction of sp³-hybridized carbons (Fsp3) is 0.429. The van der Waals surface area contributed by atoms with E-state index < -0.39 is 0 Å². The fourth-order valence-electron chi connectivity index (χ4n) is 2.18. The molecule has 3 amide bonds. The summed E-state index contributed by atoms with van der Waals surface area (Å²) in [6, 6.07) is 6.24. The van der Waals surface area contributed by atoms with Crippen LogP contribution < -0.4 is 5.32 Å². The Morgan fingerprint density at radius 1 is 1.21 bits per heavy atom. The van der Waals surface area contributed by atoms with Crippen molar-refractivity contribution in [2.45, 2.75) is 19.6 Å². The highest BCUT2D eigenvalue weighted by molar-refractivity contribution is 7.98. The molecular formula is C14H18N2O2S. The van der Waals surface area contributed by atoms with E-state index in [1.807, 2.05) is 0 Å². The van der Waals surface area contributed by atoms with Gasteiger partial charge in [0.15, 0.2) is 0 Å². The highest BCUT2D eigenvalue weighted by atomic mass is 32.2. The van der Waals surface area contributed by atoms with Gasteiger partial charge in [-0.25, -0.2) is 4.79 Å². The molecule has 0 atom stereocenters. The van der Waals surface area contributed by atoms with Crippen LogP contribution in [0.4, 0.5) is 4.79 Å². The first-order chi connectivity index (χ1) is 9.06. The Balaban J connectivity index is 1.77. The summed E-state index contributed by atoms with van der Waals surface area (Å²) in [5, 5.41) is 2.52. The average Bonchev–Trinajstić information content (AvgIpc) is 2.64. The second-order valence-corrected chi connectivity index (χ2v) is 5.86. The molecule has 0 radical (unpaired) electrons. The van der Waals surface area contributed by atoms with E-state index in [0.717, 1.165) is 11.5 Å². The normalized spacial score (nSPS) is 14.9. The van der Waals surface area contributed by atoms with Crippen molar-refractivity contribution in [1.29, 1.82) is 0 Å². The summed E-state index contributed by atoms with van der Waals surface area (Å²) in [5.74, 6) is 1.55. The van der Waals surface area contributed by atoms with E-state index in [-0.39, 0.29) is 18.5 Å². The fourth-order valence-corrected chi connectivity index (χ4v) is 3.04. The predicted octanol–water partition coefficient (Wildman–Crippen LogP) is 2.09. The molecule has 5 heteroatoms. The number of imide groups is 1. The number of benzene rings is 1. The summed E-state index contributed by atoms with van der Waals surface area (Å²) in [6.45, 7) is 4.81. The first-order valence-electron chi connectivity index (χ1n) is 6.29. The molecule has 1 aliphatic rings. The average molecular weight is 278 g/mol. The monoisotopic (exact) mass is 278 g/mol. The molecule has 0 saturated carbocycles. The minimum atomic E-state index is -0.267. The first kappa shape index (κ1) is 13.9. The molecule has 1 heterocycles. The van der Waals surface area contributed by atoms with Crippen molar-refractivity contribution in [2.75, 3.05) is 18.8 Å². The molecule has 1 aliphatic heterocycles. The van der Waals surface area contributed by atoms with Crippen LogP contribution in [0.1, 0.15) is 16.7 Å². The van der Waals surface area contributed by atoms with Gasteiger partial charge in [-0.15, -0.1) is 0 Å². The molecule has 0 spiro atoms. The van der Waals surface area contributed by atoms with Gasteiger partial charge in [-0.1, -0.05) is 29.3 Å². The molecule has 1 aromatic rings. The molecule has 19 heavy (non-hydrogen) atoms. The number of rotatable bonds is 5. The van der Waals surface area contributed by atoms with E-state index in [1.165, 1.54) is 21.6 Å². The van der Waals surface area contributed by atoms with Crippen molar-refractivity contribution in [2.24, 2.45) is 0 Å². The van der Waals surface area contributed by atoms with Crippen molar-refractivity contribution in [1.82, 2.24) is 10.2 Å². The van der Waals surface area contributed by atoms with Gasteiger partial charge in [0.2, 0.25) is 5.91 Å². The summed E-state index contributed by atoms with van der Waals surface area (Å²) in [4.78, 5) is 24.0. The Morgan fingerprint density at radius 3 is 2.47 bits per heavy atom. The van der Waals surface area contributed by atoms with Crippen molar-refractivity contribution in [3.8, 4) is 0 Å². The largest absolute Gasteiger partial charge is 0.329 e. The Kier molecular flexibility index (Phi) is 4.47. The number of thioether (sulfide) groups is 1. The number of hydrogen-bond donors (Lipinski definition) is 1. The van der Waals surface area contributed by atoms with Crippen LogP contribution >= 0.6 is 11.8 Å². The van der Waals surface area contributed by atoms with E-state index in [1.54, 1.807) is 11.8 Å². The number of aryl methyl sites for hydroxylation is 2. The van der Waals surface area contributed by atoms with E-state index in [9.17, 15) is 9.59 Å².